The number of pyridine rings is 1. The van der Waals surface area contributed by atoms with Crippen molar-refractivity contribution in [3.05, 3.63) is 28.2 Å². The Labute approximate surface area is 89.1 Å². The number of carboxylic acids is 1. The molecule has 1 heterocycles. The van der Waals surface area contributed by atoms with Crippen LogP contribution in [0.5, 0.6) is 0 Å². The molecule has 14 heavy (non-hydrogen) atoms. The minimum atomic E-state index is -1.28. The Kier molecular flexibility index (Phi) is 2.89. The molecule has 0 atom stereocenters. The molecular formula is C9H9BrFNO2. The molecule has 0 aliphatic carbocycles. The molecule has 0 saturated heterocycles. The number of nitrogens with zero attached hydrogens (tertiary/aromatic N) is 1. The highest BCUT2D eigenvalue weighted by Crippen LogP contribution is 2.27. The molecule has 1 N–H and O–H groups in total. The van der Waals surface area contributed by atoms with E-state index in [4.69, 9.17) is 5.11 Å². The Hall–Kier alpha value is -0.970. The maximum Gasteiger partial charge on any atom is 0.313 e. The number of halogens is 2. The second kappa shape index (κ2) is 3.65. The molecule has 0 unspecified atom stereocenters. The fourth-order valence-corrected chi connectivity index (χ4v) is 1.31. The fraction of sp³-hybridized carbons (Fsp3) is 0.333. The predicted octanol–water partition coefficient (Wildman–Crippen LogP) is 2.35. The maximum absolute atomic E-state index is 13.2. The van der Waals surface area contributed by atoms with Gasteiger partial charge in [-0.2, -0.15) is 4.39 Å². The number of carbonyl (C=O) groups is 1. The van der Waals surface area contributed by atoms with Crippen molar-refractivity contribution in [1.82, 2.24) is 4.98 Å². The molecule has 0 spiro atoms. The van der Waals surface area contributed by atoms with E-state index in [1.807, 2.05) is 0 Å². The Morgan fingerprint density at radius 3 is 2.71 bits per heavy atom. The van der Waals surface area contributed by atoms with E-state index in [0.29, 0.717) is 4.47 Å². The van der Waals surface area contributed by atoms with E-state index >= 15 is 0 Å². The van der Waals surface area contributed by atoms with Crippen LogP contribution in [-0.4, -0.2) is 16.1 Å². The summed E-state index contributed by atoms with van der Waals surface area (Å²) >= 11 is 3.12. The molecule has 0 saturated carbocycles. The van der Waals surface area contributed by atoms with E-state index < -0.39 is 17.3 Å². The van der Waals surface area contributed by atoms with Gasteiger partial charge in [-0.3, -0.25) is 4.79 Å². The van der Waals surface area contributed by atoms with Gasteiger partial charge in [0.1, 0.15) is 0 Å². The van der Waals surface area contributed by atoms with Crippen LogP contribution >= 0.6 is 15.9 Å². The first kappa shape index (κ1) is 11.1. The summed E-state index contributed by atoms with van der Waals surface area (Å²) in [4.78, 5) is 14.3. The SMILES string of the molecule is CC(C)(C(=O)O)c1cc(Br)cnc1F. The summed E-state index contributed by atoms with van der Waals surface area (Å²) in [5.41, 5.74) is -1.21. The van der Waals surface area contributed by atoms with Crippen molar-refractivity contribution in [2.45, 2.75) is 19.3 Å². The van der Waals surface area contributed by atoms with Crippen LogP contribution in [0.1, 0.15) is 19.4 Å². The summed E-state index contributed by atoms with van der Waals surface area (Å²) in [7, 11) is 0. The van der Waals surface area contributed by atoms with Crippen LogP contribution in [0.15, 0.2) is 16.7 Å². The lowest BCUT2D eigenvalue weighted by molar-refractivity contribution is -0.142. The lowest BCUT2D eigenvalue weighted by atomic mass is 9.86. The first-order chi connectivity index (χ1) is 6.35. The highest BCUT2D eigenvalue weighted by molar-refractivity contribution is 9.10. The van der Waals surface area contributed by atoms with Crippen molar-refractivity contribution in [2.24, 2.45) is 0 Å². The third kappa shape index (κ3) is 1.92. The summed E-state index contributed by atoms with van der Waals surface area (Å²) in [6, 6.07) is 1.43. The minimum Gasteiger partial charge on any atom is -0.481 e. The van der Waals surface area contributed by atoms with Gasteiger partial charge in [0.25, 0.3) is 0 Å². The summed E-state index contributed by atoms with van der Waals surface area (Å²) in [6.07, 6.45) is 1.29. The van der Waals surface area contributed by atoms with E-state index in [0.717, 1.165) is 0 Å². The molecule has 1 aromatic rings. The number of aromatic nitrogens is 1. The molecule has 0 radical (unpaired) electrons. The van der Waals surface area contributed by atoms with Gasteiger partial charge in [-0.05, 0) is 35.8 Å². The van der Waals surface area contributed by atoms with Crippen LogP contribution in [0.25, 0.3) is 0 Å². The van der Waals surface area contributed by atoms with E-state index in [9.17, 15) is 9.18 Å². The van der Waals surface area contributed by atoms with Crippen molar-refractivity contribution >= 4 is 21.9 Å². The van der Waals surface area contributed by atoms with Crippen molar-refractivity contribution in [3.63, 3.8) is 0 Å². The highest BCUT2D eigenvalue weighted by atomic mass is 79.9. The molecule has 0 aliphatic rings. The van der Waals surface area contributed by atoms with Gasteiger partial charge in [-0.15, -0.1) is 0 Å². The van der Waals surface area contributed by atoms with Gasteiger partial charge in [0.05, 0.1) is 5.41 Å². The summed E-state index contributed by atoms with van der Waals surface area (Å²) in [6.45, 7) is 2.86. The summed E-state index contributed by atoms with van der Waals surface area (Å²) < 4.78 is 13.8. The van der Waals surface area contributed by atoms with Crippen LogP contribution < -0.4 is 0 Å². The summed E-state index contributed by atoms with van der Waals surface area (Å²) in [5.74, 6) is -1.84. The monoisotopic (exact) mass is 261 g/mol. The third-order valence-corrected chi connectivity index (χ3v) is 2.45. The van der Waals surface area contributed by atoms with Crippen LogP contribution in [-0.2, 0) is 10.2 Å². The zero-order chi connectivity index (χ0) is 10.9. The fourth-order valence-electron chi connectivity index (χ4n) is 0.976. The van der Waals surface area contributed by atoms with Crippen molar-refractivity contribution < 1.29 is 14.3 Å². The van der Waals surface area contributed by atoms with E-state index in [-0.39, 0.29) is 5.56 Å². The van der Waals surface area contributed by atoms with Crippen molar-refractivity contribution in [3.8, 4) is 0 Å². The number of hydrogen-bond donors (Lipinski definition) is 1. The second-order valence-corrected chi connectivity index (χ2v) is 4.34. The molecule has 1 aromatic heterocycles. The Bertz CT molecular complexity index is 379. The number of aliphatic carboxylic acids is 1. The molecular weight excluding hydrogens is 253 g/mol. The van der Waals surface area contributed by atoms with E-state index in [1.165, 1.54) is 26.1 Å². The Balaban J connectivity index is 3.31. The summed E-state index contributed by atoms with van der Waals surface area (Å²) in [5, 5.41) is 8.90. The standard InChI is InChI=1S/C9H9BrFNO2/c1-9(2,8(13)14)6-3-5(10)4-12-7(6)11/h3-4H,1-2H3,(H,13,14). The highest BCUT2D eigenvalue weighted by Gasteiger charge is 2.33. The Morgan fingerprint density at radius 2 is 2.21 bits per heavy atom. The largest absolute Gasteiger partial charge is 0.481 e. The molecule has 5 heteroatoms. The average Bonchev–Trinajstić information content (AvgIpc) is 2.08. The second-order valence-electron chi connectivity index (χ2n) is 3.42. The van der Waals surface area contributed by atoms with Gasteiger partial charge in [-0.1, -0.05) is 0 Å². The molecule has 0 aromatic carbocycles. The van der Waals surface area contributed by atoms with Crippen LogP contribution in [0.3, 0.4) is 0 Å². The van der Waals surface area contributed by atoms with Gasteiger partial charge < -0.3 is 5.11 Å². The van der Waals surface area contributed by atoms with Crippen LogP contribution in [0.4, 0.5) is 4.39 Å². The molecule has 0 amide bonds. The zero-order valence-corrected chi connectivity index (χ0v) is 9.30. The first-order valence-corrected chi connectivity index (χ1v) is 4.70. The number of hydrogen-bond acceptors (Lipinski definition) is 2. The van der Waals surface area contributed by atoms with Gasteiger partial charge in [0.15, 0.2) is 0 Å². The lowest BCUT2D eigenvalue weighted by Crippen LogP contribution is -2.30. The Morgan fingerprint density at radius 1 is 1.64 bits per heavy atom. The topological polar surface area (TPSA) is 50.2 Å². The van der Waals surface area contributed by atoms with E-state index in [1.54, 1.807) is 0 Å². The zero-order valence-electron chi connectivity index (χ0n) is 7.71. The lowest BCUT2D eigenvalue weighted by Gasteiger charge is -2.19. The number of carboxylic acid groups (broad SMARTS) is 1. The van der Waals surface area contributed by atoms with Crippen molar-refractivity contribution in [2.75, 3.05) is 0 Å². The van der Waals surface area contributed by atoms with Crippen LogP contribution in [0.2, 0.25) is 0 Å². The van der Waals surface area contributed by atoms with Gasteiger partial charge in [-0.25, -0.2) is 4.98 Å². The first-order valence-electron chi connectivity index (χ1n) is 3.90. The molecule has 0 bridgehead atoms. The quantitative estimate of drug-likeness (QED) is 0.832. The molecule has 1 rings (SSSR count). The van der Waals surface area contributed by atoms with E-state index in [2.05, 4.69) is 20.9 Å². The minimum absolute atomic E-state index is 0.0689. The number of rotatable bonds is 2. The van der Waals surface area contributed by atoms with Crippen molar-refractivity contribution in [1.29, 1.82) is 0 Å². The van der Waals surface area contributed by atoms with Gasteiger partial charge in [0.2, 0.25) is 5.95 Å². The average molecular weight is 262 g/mol. The van der Waals surface area contributed by atoms with Gasteiger partial charge >= 0.3 is 5.97 Å². The molecule has 3 nitrogen and oxygen atoms in total. The maximum atomic E-state index is 13.2. The van der Waals surface area contributed by atoms with Crippen LogP contribution in [0, 0.1) is 5.95 Å². The molecule has 76 valence electrons. The van der Waals surface area contributed by atoms with Gasteiger partial charge in [0, 0.05) is 16.2 Å². The normalized spacial score (nSPS) is 11.4. The smallest absolute Gasteiger partial charge is 0.313 e. The molecule has 0 aliphatic heterocycles. The third-order valence-electron chi connectivity index (χ3n) is 2.01. The predicted molar refractivity (Wildman–Crippen MR) is 52.6 cm³/mol. The molecule has 0 fully saturated rings.